The van der Waals surface area contributed by atoms with Crippen LogP contribution in [0, 0.1) is 17.0 Å². The molecule has 0 saturated heterocycles. The van der Waals surface area contributed by atoms with Crippen LogP contribution in [0.25, 0.3) is 25.3 Å². The fourth-order valence-electron chi connectivity index (χ4n) is 2.76. The van der Waals surface area contributed by atoms with Crippen molar-refractivity contribution in [3.63, 3.8) is 0 Å². The van der Waals surface area contributed by atoms with E-state index in [0.717, 1.165) is 25.3 Å². The smallest absolute Gasteiger partial charge is 0.393 e. The van der Waals surface area contributed by atoms with Gasteiger partial charge in [-0.05, 0) is 23.3 Å². The third kappa shape index (κ3) is 2.15. The van der Waals surface area contributed by atoms with Gasteiger partial charge < -0.3 is 14.9 Å². The van der Waals surface area contributed by atoms with Crippen LogP contribution in [-0.4, -0.2) is 19.3 Å². The van der Waals surface area contributed by atoms with Gasteiger partial charge >= 0.3 is 11.7 Å². The summed E-state index contributed by atoms with van der Waals surface area (Å²) in [5, 5.41) is 17.0. The number of nitro groups is 1. The van der Waals surface area contributed by atoms with E-state index in [1.54, 1.807) is 34.3 Å². The third-order valence-electron chi connectivity index (χ3n) is 3.75. The standard InChI is InChI=1S/C15H8N4O3S3/c1-7-16-11-10(25-7)6-9(8-2-4-23-12(8)11)22-13-14(19(20)21)18-3-5-24-15(18)17-13/h2-6H,1H3. The molecular weight excluding hydrogens is 380 g/mol. The van der Waals surface area contributed by atoms with Gasteiger partial charge in [0, 0.05) is 16.8 Å². The molecule has 25 heavy (non-hydrogen) atoms. The number of fused-ring (bicyclic) bond motifs is 4. The normalized spacial score (nSPS) is 11.7. The van der Waals surface area contributed by atoms with Crippen molar-refractivity contribution in [2.24, 2.45) is 0 Å². The van der Waals surface area contributed by atoms with E-state index in [2.05, 4.69) is 9.97 Å². The average Bonchev–Trinajstić information content (AvgIpc) is 3.27. The summed E-state index contributed by atoms with van der Waals surface area (Å²) in [5.41, 5.74) is 0.945. The molecular formula is C15H8N4O3S3. The molecule has 0 aliphatic carbocycles. The fraction of sp³-hybridized carbons (Fsp3) is 0.0667. The molecule has 7 nitrogen and oxygen atoms in total. The first-order valence-electron chi connectivity index (χ1n) is 7.17. The fourth-order valence-corrected chi connectivity index (χ4v) is 5.30. The Kier molecular flexibility index (Phi) is 3.08. The predicted molar refractivity (Wildman–Crippen MR) is 99.5 cm³/mol. The summed E-state index contributed by atoms with van der Waals surface area (Å²) >= 11 is 4.47. The summed E-state index contributed by atoms with van der Waals surface area (Å²) < 4.78 is 9.36. The number of aryl methyl sites for hydroxylation is 1. The third-order valence-corrected chi connectivity index (χ3v) is 6.35. The molecule has 0 amide bonds. The Morgan fingerprint density at radius 2 is 2.16 bits per heavy atom. The van der Waals surface area contributed by atoms with Crippen LogP contribution in [0.2, 0.25) is 0 Å². The molecule has 0 fully saturated rings. The zero-order chi connectivity index (χ0) is 17.1. The van der Waals surface area contributed by atoms with Gasteiger partial charge in [0.1, 0.15) is 11.9 Å². The average molecular weight is 388 g/mol. The second kappa shape index (κ2) is 5.22. The number of hydrogen-bond donors (Lipinski definition) is 0. The molecule has 4 heterocycles. The highest BCUT2D eigenvalue weighted by Crippen LogP contribution is 2.42. The van der Waals surface area contributed by atoms with Crippen molar-refractivity contribution in [2.45, 2.75) is 6.92 Å². The summed E-state index contributed by atoms with van der Waals surface area (Å²) in [7, 11) is 0. The first-order valence-corrected chi connectivity index (χ1v) is 9.74. The van der Waals surface area contributed by atoms with E-state index in [1.807, 2.05) is 24.4 Å². The number of thiophene rings is 1. The quantitative estimate of drug-likeness (QED) is 0.312. The Labute approximate surface area is 151 Å². The molecule has 0 unspecified atom stereocenters. The van der Waals surface area contributed by atoms with Gasteiger partial charge in [0.15, 0.2) is 0 Å². The number of thiazole rings is 2. The Morgan fingerprint density at radius 3 is 3.00 bits per heavy atom. The molecule has 0 radical (unpaired) electrons. The van der Waals surface area contributed by atoms with E-state index in [4.69, 9.17) is 4.74 Å². The van der Waals surface area contributed by atoms with Crippen molar-refractivity contribution >= 4 is 65.1 Å². The molecule has 0 aliphatic heterocycles. The molecule has 0 saturated carbocycles. The van der Waals surface area contributed by atoms with Gasteiger partial charge in [0.2, 0.25) is 0 Å². The number of benzene rings is 1. The van der Waals surface area contributed by atoms with E-state index in [1.165, 1.54) is 15.7 Å². The van der Waals surface area contributed by atoms with Crippen LogP contribution in [0.4, 0.5) is 5.82 Å². The molecule has 5 aromatic rings. The monoisotopic (exact) mass is 388 g/mol. The maximum atomic E-state index is 11.5. The van der Waals surface area contributed by atoms with Crippen LogP contribution in [0.1, 0.15) is 5.01 Å². The van der Waals surface area contributed by atoms with Crippen LogP contribution < -0.4 is 4.74 Å². The van der Waals surface area contributed by atoms with Gasteiger partial charge in [-0.1, -0.05) is 11.3 Å². The van der Waals surface area contributed by atoms with Gasteiger partial charge in [-0.3, -0.25) is 0 Å². The highest BCUT2D eigenvalue weighted by molar-refractivity contribution is 7.21. The number of hydrogen-bond acceptors (Lipinski definition) is 8. The van der Waals surface area contributed by atoms with Crippen molar-refractivity contribution in [2.75, 3.05) is 0 Å². The van der Waals surface area contributed by atoms with Crippen LogP contribution in [0.3, 0.4) is 0 Å². The molecule has 0 spiro atoms. The van der Waals surface area contributed by atoms with E-state index in [-0.39, 0.29) is 11.7 Å². The Hall–Kier alpha value is -2.56. The van der Waals surface area contributed by atoms with E-state index < -0.39 is 4.92 Å². The molecule has 10 heteroatoms. The molecule has 5 rings (SSSR count). The highest BCUT2D eigenvalue weighted by Gasteiger charge is 2.26. The molecule has 0 aliphatic rings. The van der Waals surface area contributed by atoms with Crippen molar-refractivity contribution < 1.29 is 9.66 Å². The number of aromatic nitrogens is 3. The number of nitrogens with zero attached hydrogens (tertiary/aromatic N) is 4. The summed E-state index contributed by atoms with van der Waals surface area (Å²) in [6.45, 7) is 1.96. The molecule has 0 bridgehead atoms. The van der Waals surface area contributed by atoms with E-state index in [9.17, 15) is 10.1 Å². The van der Waals surface area contributed by atoms with Crippen LogP contribution in [-0.2, 0) is 0 Å². The first-order chi connectivity index (χ1) is 12.1. The van der Waals surface area contributed by atoms with E-state index >= 15 is 0 Å². The van der Waals surface area contributed by atoms with Crippen LogP contribution >= 0.6 is 34.0 Å². The Morgan fingerprint density at radius 1 is 1.28 bits per heavy atom. The summed E-state index contributed by atoms with van der Waals surface area (Å²) in [6, 6.07) is 3.82. The molecule has 4 aromatic heterocycles. The lowest BCUT2D eigenvalue weighted by Crippen LogP contribution is -1.95. The Bertz CT molecular complexity index is 1280. The van der Waals surface area contributed by atoms with Gasteiger partial charge in [0.05, 0.1) is 19.9 Å². The maximum absolute atomic E-state index is 11.5. The minimum atomic E-state index is -0.470. The SMILES string of the molecule is Cc1nc2c(cc(Oc3nc4sccn4c3[N+](=O)[O-])c3ccsc32)s1. The predicted octanol–water partition coefficient (Wildman–Crippen LogP) is 5.23. The Balaban J connectivity index is 1.74. The highest BCUT2D eigenvalue weighted by atomic mass is 32.1. The minimum absolute atomic E-state index is 0.00457. The van der Waals surface area contributed by atoms with Crippen molar-refractivity contribution in [1.29, 1.82) is 0 Å². The largest absolute Gasteiger partial charge is 0.432 e. The second-order valence-electron chi connectivity index (χ2n) is 5.27. The number of rotatable bonds is 3. The van der Waals surface area contributed by atoms with Gasteiger partial charge in [-0.15, -0.1) is 22.7 Å². The van der Waals surface area contributed by atoms with Crippen LogP contribution in [0.15, 0.2) is 29.1 Å². The molecule has 124 valence electrons. The molecule has 0 atom stereocenters. The lowest BCUT2D eigenvalue weighted by atomic mass is 10.2. The van der Waals surface area contributed by atoms with Gasteiger partial charge in [0.25, 0.3) is 4.96 Å². The summed E-state index contributed by atoms with van der Waals surface area (Å²) in [4.78, 5) is 20.4. The minimum Gasteiger partial charge on any atom is -0.432 e. The lowest BCUT2D eigenvalue weighted by molar-refractivity contribution is -0.391. The number of ether oxygens (including phenoxy) is 1. The topological polar surface area (TPSA) is 82.6 Å². The summed E-state index contributed by atoms with van der Waals surface area (Å²) in [6.07, 6.45) is 1.62. The lowest BCUT2D eigenvalue weighted by Gasteiger charge is -2.05. The van der Waals surface area contributed by atoms with Gasteiger partial charge in [-0.25, -0.2) is 4.98 Å². The number of imidazole rings is 1. The first kappa shape index (κ1) is 14.8. The molecule has 0 N–H and O–H groups in total. The van der Waals surface area contributed by atoms with Crippen molar-refractivity contribution in [3.8, 4) is 11.6 Å². The van der Waals surface area contributed by atoms with Crippen molar-refractivity contribution in [3.05, 3.63) is 44.2 Å². The zero-order valence-corrected chi connectivity index (χ0v) is 15.1. The van der Waals surface area contributed by atoms with Crippen molar-refractivity contribution in [1.82, 2.24) is 14.4 Å². The van der Waals surface area contributed by atoms with Gasteiger partial charge in [-0.2, -0.15) is 9.38 Å². The second-order valence-corrected chi connectivity index (χ2v) is 8.30. The van der Waals surface area contributed by atoms with Crippen LogP contribution in [0.5, 0.6) is 11.6 Å². The van der Waals surface area contributed by atoms with E-state index in [0.29, 0.717) is 10.7 Å². The zero-order valence-electron chi connectivity index (χ0n) is 12.6. The maximum Gasteiger partial charge on any atom is 0.393 e. The summed E-state index contributed by atoms with van der Waals surface area (Å²) in [5.74, 6) is 0.395. The molecule has 1 aromatic carbocycles.